The van der Waals surface area contributed by atoms with Gasteiger partial charge in [-0.05, 0) is 55.7 Å². The zero-order valence-corrected chi connectivity index (χ0v) is 12.8. The summed E-state index contributed by atoms with van der Waals surface area (Å²) >= 11 is 4.92. The van der Waals surface area contributed by atoms with Crippen molar-refractivity contribution >= 4 is 17.2 Å². The topological polar surface area (TPSA) is 48.0 Å². The van der Waals surface area contributed by atoms with Crippen LogP contribution in [0.3, 0.4) is 0 Å². The van der Waals surface area contributed by atoms with Gasteiger partial charge in [-0.1, -0.05) is 24.4 Å². The molecule has 0 spiro atoms. The van der Waals surface area contributed by atoms with Crippen molar-refractivity contribution in [3.05, 3.63) is 57.4 Å². The zero-order chi connectivity index (χ0) is 14.9. The first kappa shape index (κ1) is 14.5. The van der Waals surface area contributed by atoms with E-state index in [4.69, 9.17) is 18.0 Å². The van der Waals surface area contributed by atoms with E-state index in [2.05, 4.69) is 26.0 Å². The van der Waals surface area contributed by atoms with Crippen LogP contribution in [0.25, 0.3) is 11.3 Å². The number of rotatable bonds is 3. The largest absolute Gasteiger partial charge is 0.389 e. The minimum Gasteiger partial charge on any atom is -0.389 e. The Morgan fingerprint density at radius 3 is 2.45 bits per heavy atom. The van der Waals surface area contributed by atoms with Gasteiger partial charge in [0, 0.05) is 6.54 Å². The van der Waals surface area contributed by atoms with Gasteiger partial charge in [0.25, 0.3) is 5.56 Å². The molecule has 2 rings (SSSR count). The second-order valence-corrected chi connectivity index (χ2v) is 5.28. The Kier molecular flexibility index (Phi) is 4.04. The van der Waals surface area contributed by atoms with E-state index in [1.807, 2.05) is 19.1 Å². The van der Waals surface area contributed by atoms with Crippen molar-refractivity contribution < 1.29 is 0 Å². The van der Waals surface area contributed by atoms with E-state index in [9.17, 15) is 4.79 Å². The van der Waals surface area contributed by atoms with Gasteiger partial charge in [-0.25, -0.2) is 0 Å². The maximum Gasteiger partial charge on any atom is 0.261 e. The van der Waals surface area contributed by atoms with Gasteiger partial charge in [0.05, 0.1) is 11.3 Å². The lowest BCUT2D eigenvalue weighted by Crippen LogP contribution is -2.29. The Labute approximate surface area is 124 Å². The van der Waals surface area contributed by atoms with Crippen LogP contribution in [0, 0.1) is 13.8 Å². The summed E-state index contributed by atoms with van der Waals surface area (Å²) in [6, 6.07) is 9.81. The summed E-state index contributed by atoms with van der Waals surface area (Å²) in [6.45, 7) is 6.66. The number of aryl methyl sites for hydroxylation is 2. The summed E-state index contributed by atoms with van der Waals surface area (Å²) in [5, 5.41) is 0. The van der Waals surface area contributed by atoms with E-state index in [0.717, 1.165) is 11.3 Å². The summed E-state index contributed by atoms with van der Waals surface area (Å²) in [4.78, 5) is 12.5. The average molecular weight is 286 g/mol. The first-order valence-corrected chi connectivity index (χ1v) is 6.97. The minimum atomic E-state index is -0.129. The lowest BCUT2D eigenvalue weighted by atomic mass is 10.0. The molecule has 0 saturated carbocycles. The molecule has 3 nitrogen and oxygen atoms in total. The van der Waals surface area contributed by atoms with Crippen molar-refractivity contribution in [2.75, 3.05) is 0 Å². The number of hydrogen-bond acceptors (Lipinski definition) is 2. The fraction of sp³-hybridized carbons (Fsp3) is 0.250. The molecule has 0 aliphatic rings. The third kappa shape index (κ3) is 2.51. The van der Waals surface area contributed by atoms with Crippen LogP contribution in [0.4, 0.5) is 0 Å². The van der Waals surface area contributed by atoms with Crippen LogP contribution in [-0.2, 0) is 6.54 Å². The van der Waals surface area contributed by atoms with Crippen LogP contribution in [-0.4, -0.2) is 9.56 Å². The van der Waals surface area contributed by atoms with Gasteiger partial charge in [-0.15, -0.1) is 0 Å². The van der Waals surface area contributed by atoms with E-state index in [0.29, 0.717) is 12.1 Å². The van der Waals surface area contributed by atoms with Gasteiger partial charge in [-0.2, -0.15) is 0 Å². The molecule has 1 aromatic heterocycles. The summed E-state index contributed by atoms with van der Waals surface area (Å²) in [6.07, 6.45) is 0. The lowest BCUT2D eigenvalue weighted by Gasteiger charge is -2.14. The molecular weight excluding hydrogens is 268 g/mol. The minimum absolute atomic E-state index is 0.129. The van der Waals surface area contributed by atoms with E-state index in [1.54, 1.807) is 10.6 Å². The van der Waals surface area contributed by atoms with Crippen molar-refractivity contribution in [1.29, 1.82) is 0 Å². The monoisotopic (exact) mass is 286 g/mol. The third-order valence-corrected chi connectivity index (χ3v) is 3.78. The first-order valence-electron chi connectivity index (χ1n) is 6.57. The summed E-state index contributed by atoms with van der Waals surface area (Å²) in [5.74, 6) is 0. The van der Waals surface area contributed by atoms with Crippen LogP contribution in [0.2, 0.25) is 0 Å². The highest BCUT2D eigenvalue weighted by Crippen LogP contribution is 2.21. The van der Waals surface area contributed by atoms with E-state index in [1.165, 1.54) is 11.1 Å². The molecule has 2 N–H and O–H groups in total. The normalized spacial score (nSPS) is 10.6. The Morgan fingerprint density at radius 1 is 1.20 bits per heavy atom. The third-order valence-electron chi connectivity index (χ3n) is 3.56. The maximum absolute atomic E-state index is 12.4. The molecule has 0 radical (unpaired) electrons. The highest BCUT2D eigenvalue weighted by molar-refractivity contribution is 7.80. The van der Waals surface area contributed by atoms with Crippen molar-refractivity contribution in [3.63, 3.8) is 0 Å². The molecule has 1 aromatic carbocycles. The predicted molar refractivity (Wildman–Crippen MR) is 87.2 cm³/mol. The second kappa shape index (κ2) is 5.59. The maximum atomic E-state index is 12.4. The molecule has 0 bridgehead atoms. The van der Waals surface area contributed by atoms with Crippen molar-refractivity contribution in [2.24, 2.45) is 5.73 Å². The molecule has 4 heteroatoms. The molecule has 0 saturated heterocycles. The summed E-state index contributed by atoms with van der Waals surface area (Å²) in [7, 11) is 0. The van der Waals surface area contributed by atoms with Gasteiger partial charge in [0.15, 0.2) is 0 Å². The Hall–Kier alpha value is -1.94. The lowest BCUT2D eigenvalue weighted by molar-refractivity contribution is 0.734. The molecule has 0 aliphatic carbocycles. The molecule has 1 heterocycles. The molecular formula is C16H18N2OS. The molecule has 0 fully saturated rings. The number of thiocarbonyl (C=S) groups is 1. The summed E-state index contributed by atoms with van der Waals surface area (Å²) in [5.41, 5.74) is 10.2. The smallest absolute Gasteiger partial charge is 0.261 e. The number of nitrogens with two attached hydrogens (primary N) is 1. The number of pyridine rings is 1. The van der Waals surface area contributed by atoms with Gasteiger partial charge in [0.1, 0.15) is 4.99 Å². The van der Waals surface area contributed by atoms with Crippen LogP contribution in [0.5, 0.6) is 0 Å². The molecule has 0 atom stereocenters. The highest BCUT2D eigenvalue weighted by Gasteiger charge is 2.11. The molecule has 20 heavy (non-hydrogen) atoms. The number of nitrogens with zero attached hydrogens (tertiary/aromatic N) is 1. The average Bonchev–Trinajstić information content (AvgIpc) is 2.41. The summed E-state index contributed by atoms with van der Waals surface area (Å²) < 4.78 is 1.71. The molecule has 0 aliphatic heterocycles. The standard InChI is InChI=1S/C16H18N2OS/c1-4-18-14(8-7-13(15(17)20)16(18)19)12-6-5-10(2)11(3)9-12/h5-9H,4H2,1-3H3,(H2,17,20). The van der Waals surface area contributed by atoms with E-state index in [-0.39, 0.29) is 10.5 Å². The fourth-order valence-electron chi connectivity index (χ4n) is 2.23. The van der Waals surface area contributed by atoms with Gasteiger partial charge < -0.3 is 10.3 Å². The number of aromatic nitrogens is 1. The Bertz CT molecular complexity index is 732. The number of benzene rings is 1. The highest BCUT2D eigenvalue weighted by atomic mass is 32.1. The molecule has 2 aromatic rings. The van der Waals surface area contributed by atoms with Crippen molar-refractivity contribution in [2.45, 2.75) is 27.3 Å². The first-order chi connectivity index (χ1) is 9.45. The second-order valence-electron chi connectivity index (χ2n) is 4.84. The van der Waals surface area contributed by atoms with Crippen LogP contribution in [0.15, 0.2) is 35.1 Å². The van der Waals surface area contributed by atoms with Crippen molar-refractivity contribution in [3.8, 4) is 11.3 Å². The molecule has 0 unspecified atom stereocenters. The van der Waals surface area contributed by atoms with E-state index >= 15 is 0 Å². The Balaban J connectivity index is 2.68. The van der Waals surface area contributed by atoms with Crippen molar-refractivity contribution in [1.82, 2.24) is 4.57 Å². The van der Waals surface area contributed by atoms with Gasteiger partial charge >= 0.3 is 0 Å². The number of hydrogen-bond donors (Lipinski definition) is 1. The van der Waals surface area contributed by atoms with Gasteiger partial charge in [-0.3, -0.25) is 4.79 Å². The SMILES string of the molecule is CCn1c(-c2ccc(C)c(C)c2)ccc(C(N)=S)c1=O. The Morgan fingerprint density at radius 2 is 1.90 bits per heavy atom. The van der Waals surface area contributed by atoms with Crippen LogP contribution in [0.1, 0.15) is 23.6 Å². The quantitative estimate of drug-likeness (QED) is 0.883. The zero-order valence-electron chi connectivity index (χ0n) is 11.9. The van der Waals surface area contributed by atoms with Gasteiger partial charge in [0.2, 0.25) is 0 Å². The fourth-order valence-corrected chi connectivity index (χ4v) is 2.39. The van der Waals surface area contributed by atoms with E-state index < -0.39 is 0 Å². The van der Waals surface area contributed by atoms with Crippen LogP contribution < -0.4 is 11.3 Å². The van der Waals surface area contributed by atoms with Crippen LogP contribution >= 0.6 is 12.2 Å². The molecule has 0 amide bonds. The predicted octanol–water partition coefficient (Wildman–Crippen LogP) is 2.79. The molecule has 104 valence electrons.